The third-order valence-corrected chi connectivity index (χ3v) is 6.43. The van der Waals surface area contributed by atoms with Gasteiger partial charge < -0.3 is 10.2 Å². The summed E-state index contributed by atoms with van der Waals surface area (Å²) in [5.74, 6) is 0.175. The van der Waals surface area contributed by atoms with Crippen molar-refractivity contribution < 1.29 is 4.79 Å². The molecule has 1 aliphatic carbocycles. The number of hydrogen-bond acceptors (Lipinski definition) is 4. The van der Waals surface area contributed by atoms with Crippen LogP contribution in [0, 0.1) is 0 Å². The molecule has 2 fully saturated rings. The fraction of sp³-hybridized carbons (Fsp3) is 0.611. The highest BCUT2D eigenvalue weighted by atomic mass is 32.2. The second-order valence-corrected chi connectivity index (χ2v) is 8.37. The van der Waals surface area contributed by atoms with Crippen molar-refractivity contribution >= 4 is 17.7 Å². The van der Waals surface area contributed by atoms with Crippen molar-refractivity contribution in [2.24, 2.45) is 0 Å². The maximum atomic E-state index is 12.5. The first-order valence-corrected chi connectivity index (χ1v) is 9.34. The standard InChI is InChI=1S/C18H27N3OS/c1-15(21-12-10-20(2)11-13-21)17(22)19-14-18(8-9-18)23-16-6-4-3-5-7-16/h3-7,15H,8-14H2,1-2H3,(H,19,22)/t15-/m0/s1. The van der Waals surface area contributed by atoms with Crippen LogP contribution in [0.2, 0.25) is 0 Å². The molecular formula is C18H27N3OS. The largest absolute Gasteiger partial charge is 0.353 e. The second-order valence-electron chi connectivity index (χ2n) is 6.83. The summed E-state index contributed by atoms with van der Waals surface area (Å²) in [6.45, 7) is 6.87. The minimum atomic E-state index is -0.0266. The molecule has 0 bridgehead atoms. The van der Waals surface area contributed by atoms with Crippen LogP contribution in [0.1, 0.15) is 19.8 Å². The molecule has 0 radical (unpaired) electrons. The number of piperazine rings is 1. The zero-order valence-corrected chi connectivity index (χ0v) is 14.9. The van der Waals surface area contributed by atoms with E-state index < -0.39 is 0 Å². The van der Waals surface area contributed by atoms with Crippen molar-refractivity contribution in [3.8, 4) is 0 Å². The van der Waals surface area contributed by atoms with Crippen LogP contribution in [-0.4, -0.2) is 66.3 Å². The van der Waals surface area contributed by atoms with Crippen LogP contribution >= 0.6 is 11.8 Å². The summed E-state index contributed by atoms with van der Waals surface area (Å²) in [4.78, 5) is 18.4. The molecule has 1 saturated heterocycles. The molecule has 23 heavy (non-hydrogen) atoms. The first-order valence-electron chi connectivity index (χ1n) is 8.52. The summed E-state index contributed by atoms with van der Waals surface area (Å²) < 4.78 is 0.221. The Bertz CT molecular complexity index is 524. The predicted octanol–water partition coefficient (Wildman–Crippen LogP) is 2.06. The number of likely N-dealkylation sites (N-methyl/N-ethyl adjacent to an activating group) is 1. The van der Waals surface area contributed by atoms with Crippen molar-refractivity contribution in [2.45, 2.75) is 35.4 Å². The van der Waals surface area contributed by atoms with E-state index in [0.717, 1.165) is 32.7 Å². The zero-order chi connectivity index (χ0) is 16.3. The Kier molecular flexibility index (Phi) is 5.29. The van der Waals surface area contributed by atoms with Gasteiger partial charge in [-0.05, 0) is 38.9 Å². The number of benzene rings is 1. The van der Waals surface area contributed by atoms with Crippen LogP contribution in [0.4, 0.5) is 0 Å². The van der Waals surface area contributed by atoms with E-state index in [0.29, 0.717) is 0 Å². The molecule has 1 aromatic carbocycles. The number of nitrogens with one attached hydrogen (secondary N) is 1. The van der Waals surface area contributed by atoms with Gasteiger partial charge in [-0.1, -0.05) is 18.2 Å². The number of carbonyl (C=O) groups excluding carboxylic acids is 1. The Morgan fingerprint density at radius 1 is 1.22 bits per heavy atom. The molecule has 3 rings (SSSR count). The molecule has 4 nitrogen and oxygen atoms in total. The number of carbonyl (C=O) groups is 1. The molecule has 1 saturated carbocycles. The van der Waals surface area contributed by atoms with Crippen LogP contribution in [0.25, 0.3) is 0 Å². The van der Waals surface area contributed by atoms with E-state index in [4.69, 9.17) is 0 Å². The second kappa shape index (κ2) is 7.24. The number of hydrogen-bond donors (Lipinski definition) is 1. The van der Waals surface area contributed by atoms with Gasteiger partial charge in [0.25, 0.3) is 0 Å². The topological polar surface area (TPSA) is 35.6 Å². The first-order chi connectivity index (χ1) is 11.1. The van der Waals surface area contributed by atoms with E-state index in [1.54, 1.807) is 0 Å². The third kappa shape index (κ3) is 4.49. The molecule has 1 atom stereocenters. The molecule has 0 spiro atoms. The summed E-state index contributed by atoms with van der Waals surface area (Å²) in [6, 6.07) is 10.5. The molecule has 1 N–H and O–H groups in total. The Labute approximate surface area is 143 Å². The quantitative estimate of drug-likeness (QED) is 0.864. The molecule has 1 aliphatic heterocycles. The van der Waals surface area contributed by atoms with Gasteiger partial charge in [0.15, 0.2) is 0 Å². The molecule has 0 unspecified atom stereocenters. The average Bonchev–Trinajstić information content (AvgIpc) is 3.33. The van der Waals surface area contributed by atoms with E-state index in [9.17, 15) is 4.79 Å². The van der Waals surface area contributed by atoms with Gasteiger partial charge >= 0.3 is 0 Å². The molecule has 126 valence electrons. The number of rotatable bonds is 6. The van der Waals surface area contributed by atoms with Gasteiger partial charge in [0.1, 0.15) is 0 Å². The number of nitrogens with zero attached hydrogens (tertiary/aromatic N) is 2. The predicted molar refractivity (Wildman–Crippen MR) is 95.8 cm³/mol. The molecular weight excluding hydrogens is 306 g/mol. The highest BCUT2D eigenvalue weighted by molar-refractivity contribution is 8.01. The normalized spacial score (nSPS) is 22.5. The van der Waals surface area contributed by atoms with Crippen molar-refractivity contribution in [2.75, 3.05) is 39.8 Å². The van der Waals surface area contributed by atoms with E-state index in [-0.39, 0.29) is 16.7 Å². The maximum absolute atomic E-state index is 12.5. The summed E-state index contributed by atoms with van der Waals surface area (Å²) in [5, 5.41) is 3.20. The van der Waals surface area contributed by atoms with Crippen LogP contribution in [0.5, 0.6) is 0 Å². The molecule has 0 aromatic heterocycles. The van der Waals surface area contributed by atoms with E-state index >= 15 is 0 Å². The van der Waals surface area contributed by atoms with Crippen LogP contribution in [0.15, 0.2) is 35.2 Å². The Morgan fingerprint density at radius 3 is 2.48 bits per heavy atom. The summed E-state index contributed by atoms with van der Waals surface area (Å²) in [7, 11) is 2.14. The highest BCUT2D eigenvalue weighted by Gasteiger charge is 2.44. The van der Waals surface area contributed by atoms with Crippen molar-refractivity contribution in [1.29, 1.82) is 0 Å². The van der Waals surface area contributed by atoms with Crippen molar-refractivity contribution in [3.05, 3.63) is 30.3 Å². The molecule has 1 heterocycles. The first kappa shape index (κ1) is 16.8. The lowest BCUT2D eigenvalue weighted by Crippen LogP contribution is -2.53. The monoisotopic (exact) mass is 333 g/mol. The zero-order valence-electron chi connectivity index (χ0n) is 14.1. The van der Waals surface area contributed by atoms with Crippen molar-refractivity contribution in [3.63, 3.8) is 0 Å². The van der Waals surface area contributed by atoms with Crippen LogP contribution < -0.4 is 5.32 Å². The molecule has 1 aromatic rings. The van der Waals surface area contributed by atoms with E-state index in [1.807, 2.05) is 24.8 Å². The Balaban J connectivity index is 1.47. The van der Waals surface area contributed by atoms with E-state index in [2.05, 4.69) is 46.4 Å². The van der Waals surface area contributed by atoms with Gasteiger partial charge in [-0.2, -0.15) is 0 Å². The van der Waals surface area contributed by atoms with Crippen molar-refractivity contribution in [1.82, 2.24) is 15.1 Å². The fourth-order valence-corrected chi connectivity index (χ4v) is 4.21. The van der Waals surface area contributed by atoms with Gasteiger partial charge in [-0.3, -0.25) is 9.69 Å². The summed E-state index contributed by atoms with van der Waals surface area (Å²) >= 11 is 1.91. The fourth-order valence-electron chi connectivity index (χ4n) is 2.96. The minimum Gasteiger partial charge on any atom is -0.353 e. The van der Waals surface area contributed by atoms with E-state index in [1.165, 1.54) is 17.7 Å². The number of thioether (sulfide) groups is 1. The molecule has 1 amide bonds. The highest BCUT2D eigenvalue weighted by Crippen LogP contribution is 2.51. The molecule has 2 aliphatic rings. The average molecular weight is 334 g/mol. The van der Waals surface area contributed by atoms with Gasteiger partial charge in [-0.15, -0.1) is 11.8 Å². The summed E-state index contributed by atoms with van der Waals surface area (Å²) in [6.07, 6.45) is 2.38. The van der Waals surface area contributed by atoms with Gasteiger partial charge in [-0.25, -0.2) is 0 Å². The van der Waals surface area contributed by atoms with Crippen LogP contribution in [0.3, 0.4) is 0 Å². The van der Waals surface area contributed by atoms with Gasteiger partial charge in [0, 0.05) is 42.4 Å². The lowest BCUT2D eigenvalue weighted by Gasteiger charge is -2.35. The Morgan fingerprint density at radius 2 is 1.87 bits per heavy atom. The molecule has 5 heteroatoms. The van der Waals surface area contributed by atoms with Crippen LogP contribution in [-0.2, 0) is 4.79 Å². The number of amides is 1. The maximum Gasteiger partial charge on any atom is 0.237 e. The SMILES string of the molecule is C[C@@H](C(=O)NCC1(Sc2ccccc2)CC1)N1CCN(C)CC1. The third-order valence-electron chi connectivity index (χ3n) is 4.94. The summed E-state index contributed by atoms with van der Waals surface area (Å²) in [5.41, 5.74) is 0. The lowest BCUT2D eigenvalue weighted by molar-refractivity contribution is -0.126. The van der Waals surface area contributed by atoms with Gasteiger partial charge in [0.2, 0.25) is 5.91 Å². The smallest absolute Gasteiger partial charge is 0.237 e. The lowest BCUT2D eigenvalue weighted by atomic mass is 10.2. The van der Waals surface area contributed by atoms with Gasteiger partial charge in [0.05, 0.1) is 6.04 Å². The Hall–Kier alpha value is -1.04. The minimum absolute atomic E-state index is 0.0266.